The molecule has 1 rings (SSSR count). The fourth-order valence-electron chi connectivity index (χ4n) is 2.04. The molecule has 1 aromatic rings. The van der Waals surface area contributed by atoms with Gasteiger partial charge in [-0.05, 0) is 49.7 Å². The molecule has 3 nitrogen and oxygen atoms in total. The first kappa shape index (κ1) is 16.2. The Kier molecular flexibility index (Phi) is 6.07. The van der Waals surface area contributed by atoms with E-state index in [1.165, 1.54) is 12.1 Å². The first-order chi connectivity index (χ1) is 8.82. The van der Waals surface area contributed by atoms with Crippen molar-refractivity contribution in [1.82, 2.24) is 4.90 Å². The third-order valence-electron chi connectivity index (χ3n) is 2.99. The molecule has 0 aliphatic carbocycles. The Morgan fingerprint density at radius 2 is 1.84 bits per heavy atom. The Morgan fingerprint density at radius 3 is 2.37 bits per heavy atom. The van der Waals surface area contributed by atoms with Crippen LogP contribution in [-0.4, -0.2) is 30.1 Å². The van der Waals surface area contributed by atoms with Gasteiger partial charge in [0.1, 0.15) is 18.2 Å². The zero-order valence-corrected chi connectivity index (χ0v) is 13.5. The number of nitrogens with zero attached hydrogens (tertiary/aromatic N) is 1. The highest BCUT2D eigenvalue weighted by Crippen LogP contribution is 2.28. The summed E-state index contributed by atoms with van der Waals surface area (Å²) in [6.07, 6.45) is 0. The molecule has 2 N–H and O–H groups in total. The lowest BCUT2D eigenvalue weighted by atomic mass is 10.2. The van der Waals surface area contributed by atoms with Crippen molar-refractivity contribution in [3.8, 4) is 5.75 Å². The van der Waals surface area contributed by atoms with Gasteiger partial charge in [-0.3, -0.25) is 4.90 Å². The van der Waals surface area contributed by atoms with Crippen LogP contribution in [0.2, 0.25) is 0 Å². The summed E-state index contributed by atoms with van der Waals surface area (Å²) in [7, 11) is 0. The molecule has 5 heteroatoms. The number of benzene rings is 1. The van der Waals surface area contributed by atoms with Gasteiger partial charge in [-0.1, -0.05) is 0 Å². The van der Waals surface area contributed by atoms with E-state index < -0.39 is 0 Å². The number of hydrogen-bond donors (Lipinski definition) is 1. The number of hydrogen-bond acceptors (Lipinski definition) is 3. The molecule has 108 valence electrons. The fraction of sp³-hybridized carbons (Fsp3) is 0.571. The fourth-order valence-corrected chi connectivity index (χ4v) is 2.40. The highest BCUT2D eigenvalue weighted by molar-refractivity contribution is 9.10. The van der Waals surface area contributed by atoms with Gasteiger partial charge in [-0.15, -0.1) is 0 Å². The molecule has 0 spiro atoms. The summed E-state index contributed by atoms with van der Waals surface area (Å²) in [6.45, 7) is 9.86. The van der Waals surface area contributed by atoms with Crippen molar-refractivity contribution in [2.24, 2.45) is 0 Å². The van der Waals surface area contributed by atoms with E-state index in [0.717, 1.165) is 6.54 Å². The quantitative estimate of drug-likeness (QED) is 0.808. The Morgan fingerprint density at radius 1 is 1.26 bits per heavy atom. The average Bonchev–Trinajstić information content (AvgIpc) is 2.29. The molecule has 0 aliphatic rings. The number of halogens is 2. The van der Waals surface area contributed by atoms with Gasteiger partial charge in [0.25, 0.3) is 0 Å². The monoisotopic (exact) mass is 332 g/mol. The molecule has 0 aliphatic heterocycles. The second-order valence-electron chi connectivity index (χ2n) is 5.08. The van der Waals surface area contributed by atoms with Gasteiger partial charge in [0, 0.05) is 24.7 Å². The lowest BCUT2D eigenvalue weighted by Gasteiger charge is -2.30. The number of anilines is 1. The Balaban J connectivity index is 2.60. The van der Waals surface area contributed by atoms with Crippen molar-refractivity contribution in [3.63, 3.8) is 0 Å². The van der Waals surface area contributed by atoms with Crippen LogP contribution >= 0.6 is 15.9 Å². The van der Waals surface area contributed by atoms with E-state index in [4.69, 9.17) is 10.5 Å². The van der Waals surface area contributed by atoms with Crippen molar-refractivity contribution in [1.29, 1.82) is 0 Å². The molecule has 0 bridgehead atoms. The smallest absolute Gasteiger partial charge is 0.145 e. The van der Waals surface area contributed by atoms with Crippen LogP contribution in [0, 0.1) is 5.82 Å². The predicted molar refractivity (Wildman–Crippen MR) is 81.0 cm³/mol. The molecule has 0 fully saturated rings. The number of rotatable bonds is 6. The van der Waals surface area contributed by atoms with Crippen molar-refractivity contribution >= 4 is 21.6 Å². The van der Waals surface area contributed by atoms with Crippen molar-refractivity contribution in [3.05, 3.63) is 22.4 Å². The maximum atomic E-state index is 13.4. The summed E-state index contributed by atoms with van der Waals surface area (Å²) in [4.78, 5) is 2.31. The predicted octanol–water partition coefficient (Wildman–Crippen LogP) is 3.67. The molecular formula is C14H22BrFN2O. The molecule has 0 heterocycles. The lowest BCUT2D eigenvalue weighted by Crippen LogP contribution is -2.39. The van der Waals surface area contributed by atoms with Gasteiger partial charge >= 0.3 is 0 Å². The molecule has 0 unspecified atom stereocenters. The van der Waals surface area contributed by atoms with Crippen LogP contribution in [0.4, 0.5) is 10.1 Å². The minimum absolute atomic E-state index is 0.350. The average molecular weight is 333 g/mol. The Labute approximate surface area is 123 Å². The normalized spacial score (nSPS) is 11.6. The van der Waals surface area contributed by atoms with Gasteiger partial charge in [0.05, 0.1) is 10.2 Å². The Bertz CT molecular complexity index is 416. The lowest BCUT2D eigenvalue weighted by molar-refractivity contribution is 0.142. The summed E-state index contributed by atoms with van der Waals surface area (Å²) >= 11 is 3.09. The van der Waals surface area contributed by atoms with Crippen molar-refractivity contribution in [2.45, 2.75) is 39.8 Å². The standard InChI is InChI=1S/C14H22BrFN2O/c1-9(2)18(10(3)4)5-6-19-14-8-12(16)11(15)7-13(14)17/h7-10H,5-6,17H2,1-4H3. The van der Waals surface area contributed by atoms with Gasteiger partial charge in [0.2, 0.25) is 0 Å². The summed E-state index contributed by atoms with van der Waals surface area (Å²) in [5.41, 5.74) is 6.23. The van der Waals surface area contributed by atoms with Crippen molar-refractivity contribution < 1.29 is 9.13 Å². The molecule has 0 saturated carbocycles. The van der Waals surface area contributed by atoms with Crippen LogP contribution in [0.15, 0.2) is 16.6 Å². The van der Waals surface area contributed by atoms with Crippen LogP contribution in [0.3, 0.4) is 0 Å². The van der Waals surface area contributed by atoms with Crippen molar-refractivity contribution in [2.75, 3.05) is 18.9 Å². The summed E-state index contributed by atoms with van der Waals surface area (Å²) in [5.74, 6) is 0.0296. The molecule has 1 aromatic carbocycles. The topological polar surface area (TPSA) is 38.5 Å². The van der Waals surface area contributed by atoms with E-state index in [1.54, 1.807) is 0 Å². The molecular weight excluding hydrogens is 311 g/mol. The van der Waals surface area contributed by atoms with Crippen LogP contribution in [-0.2, 0) is 0 Å². The third kappa shape index (κ3) is 4.66. The SMILES string of the molecule is CC(C)N(CCOc1cc(F)c(Br)cc1N)C(C)C. The van der Waals surface area contributed by atoms with Gasteiger partial charge < -0.3 is 10.5 Å². The number of ether oxygens (including phenoxy) is 1. The second kappa shape index (κ2) is 7.10. The Hall–Kier alpha value is -0.810. The third-order valence-corrected chi connectivity index (χ3v) is 3.59. The van der Waals surface area contributed by atoms with E-state index in [1.807, 2.05) is 0 Å². The summed E-state index contributed by atoms with van der Waals surface area (Å²) in [6, 6.07) is 3.73. The zero-order chi connectivity index (χ0) is 14.6. The van der Waals surface area contributed by atoms with E-state index in [0.29, 0.717) is 34.6 Å². The summed E-state index contributed by atoms with van der Waals surface area (Å²) < 4.78 is 19.3. The molecule has 0 atom stereocenters. The van der Waals surface area contributed by atoms with E-state index >= 15 is 0 Å². The minimum Gasteiger partial charge on any atom is -0.490 e. The van der Waals surface area contributed by atoms with Gasteiger partial charge in [0.15, 0.2) is 0 Å². The van der Waals surface area contributed by atoms with E-state index in [-0.39, 0.29) is 5.82 Å². The molecule has 0 saturated heterocycles. The maximum absolute atomic E-state index is 13.4. The summed E-state index contributed by atoms with van der Waals surface area (Å²) in [5, 5.41) is 0. The molecule has 0 aromatic heterocycles. The van der Waals surface area contributed by atoms with Gasteiger partial charge in [-0.2, -0.15) is 0 Å². The molecule has 0 radical (unpaired) electrons. The van der Waals surface area contributed by atoms with E-state index in [9.17, 15) is 4.39 Å². The minimum atomic E-state index is -0.367. The van der Waals surface area contributed by atoms with Crippen LogP contribution in [0.25, 0.3) is 0 Å². The second-order valence-corrected chi connectivity index (χ2v) is 5.93. The highest BCUT2D eigenvalue weighted by Gasteiger charge is 2.13. The van der Waals surface area contributed by atoms with Crippen LogP contribution in [0.5, 0.6) is 5.75 Å². The first-order valence-electron chi connectivity index (χ1n) is 6.46. The maximum Gasteiger partial charge on any atom is 0.145 e. The largest absolute Gasteiger partial charge is 0.490 e. The van der Waals surface area contributed by atoms with Crippen LogP contribution in [0.1, 0.15) is 27.7 Å². The van der Waals surface area contributed by atoms with Crippen LogP contribution < -0.4 is 10.5 Å². The first-order valence-corrected chi connectivity index (χ1v) is 7.25. The highest BCUT2D eigenvalue weighted by atomic mass is 79.9. The number of nitrogens with two attached hydrogens (primary N) is 1. The van der Waals surface area contributed by atoms with E-state index in [2.05, 4.69) is 48.5 Å². The number of nitrogen functional groups attached to an aromatic ring is 1. The molecule has 19 heavy (non-hydrogen) atoms. The van der Waals surface area contributed by atoms with Gasteiger partial charge in [-0.25, -0.2) is 4.39 Å². The molecule has 0 amide bonds. The zero-order valence-electron chi connectivity index (χ0n) is 11.9.